The Labute approximate surface area is 216 Å². The fraction of sp³-hybridized carbons (Fsp3) is 0.400. The number of carbonyl (C=O) groups is 1. The number of carboxylic acids is 1. The van der Waals surface area contributed by atoms with Gasteiger partial charge in [0.15, 0.2) is 0 Å². The third-order valence-electron chi connectivity index (χ3n) is 6.48. The zero-order chi connectivity index (χ0) is 26.5. The molecular weight excluding hydrogens is 504 g/mol. The Morgan fingerprint density at radius 1 is 1.28 bits per heavy atom. The quantitative estimate of drug-likeness (QED) is 0.0952. The van der Waals surface area contributed by atoms with E-state index in [9.17, 15) is 24.0 Å². The van der Waals surface area contributed by atoms with E-state index in [1.807, 2.05) is 24.1 Å². The maximum atomic E-state index is 11.5. The van der Waals surface area contributed by atoms with E-state index in [-0.39, 0.29) is 11.4 Å². The lowest BCUT2D eigenvalue weighted by molar-refractivity contribution is -0.384. The highest BCUT2D eigenvalue weighted by molar-refractivity contribution is 8.24. The summed E-state index contributed by atoms with van der Waals surface area (Å²) in [5.41, 5.74) is 0.873. The van der Waals surface area contributed by atoms with E-state index in [2.05, 4.69) is 6.92 Å². The lowest BCUT2D eigenvalue weighted by Gasteiger charge is -2.41. The van der Waals surface area contributed by atoms with Crippen LogP contribution in [0.4, 0.5) is 17.1 Å². The second-order valence-corrected chi connectivity index (χ2v) is 11.8. The molecular formula is C25H32N2O7S2. The van der Waals surface area contributed by atoms with E-state index in [0.29, 0.717) is 33.5 Å². The van der Waals surface area contributed by atoms with Gasteiger partial charge in [-0.15, -0.1) is 11.8 Å². The fourth-order valence-corrected chi connectivity index (χ4v) is 7.26. The zero-order valence-electron chi connectivity index (χ0n) is 20.5. The average molecular weight is 537 g/mol. The molecule has 2 aromatic rings. The highest BCUT2D eigenvalue weighted by Crippen LogP contribution is 2.62. The summed E-state index contributed by atoms with van der Waals surface area (Å²) in [7, 11) is -3.26. The molecule has 9 nitrogen and oxygen atoms in total. The molecule has 1 heterocycles. The number of nitro benzene ring substituents is 1. The Hall–Kier alpha value is -2.73. The molecule has 1 unspecified atom stereocenters. The minimum absolute atomic E-state index is 0.0235. The first-order chi connectivity index (χ1) is 17.1. The molecule has 0 radical (unpaired) electrons. The van der Waals surface area contributed by atoms with E-state index in [1.165, 1.54) is 23.9 Å². The molecule has 1 atom stereocenters. The first-order valence-corrected chi connectivity index (χ1v) is 14.6. The predicted octanol–water partition coefficient (Wildman–Crippen LogP) is 7.14. The minimum atomic E-state index is -3.26. The van der Waals surface area contributed by atoms with Gasteiger partial charge in [-0.3, -0.25) is 19.2 Å². The first kappa shape index (κ1) is 27.9. The van der Waals surface area contributed by atoms with Gasteiger partial charge in [-0.1, -0.05) is 26.7 Å². The summed E-state index contributed by atoms with van der Waals surface area (Å²) < 4.78 is 28.6. The molecule has 0 aliphatic carbocycles. The molecule has 0 saturated carbocycles. The second-order valence-electron chi connectivity index (χ2n) is 8.86. The van der Waals surface area contributed by atoms with Crippen LogP contribution in [-0.4, -0.2) is 43.7 Å². The second kappa shape index (κ2) is 11.5. The summed E-state index contributed by atoms with van der Waals surface area (Å²) in [6.45, 7) is 4.66. The predicted molar refractivity (Wildman–Crippen MR) is 144 cm³/mol. The van der Waals surface area contributed by atoms with Gasteiger partial charge in [0.2, 0.25) is 0 Å². The van der Waals surface area contributed by atoms with Crippen LogP contribution in [0.3, 0.4) is 0 Å². The number of fused-ring (bicyclic) bond motifs is 1. The molecule has 0 spiro atoms. The number of hydrogen-bond acceptors (Lipinski definition) is 8. The summed E-state index contributed by atoms with van der Waals surface area (Å²) in [4.78, 5) is 24.7. The molecule has 0 amide bonds. The van der Waals surface area contributed by atoms with Crippen LogP contribution in [0.25, 0.3) is 0 Å². The molecule has 2 aromatic carbocycles. The van der Waals surface area contributed by atoms with Gasteiger partial charge in [-0.2, -0.15) is 10.6 Å². The average Bonchev–Trinajstić information content (AvgIpc) is 2.94. The van der Waals surface area contributed by atoms with Crippen molar-refractivity contribution in [2.24, 2.45) is 5.41 Å². The fourth-order valence-electron chi connectivity index (χ4n) is 4.47. The number of non-ortho nitro benzene ring substituents is 1. The molecule has 3 N–H and O–H groups in total. The largest absolute Gasteiger partial charge is 0.478 e. The van der Waals surface area contributed by atoms with Gasteiger partial charge in [0.1, 0.15) is 5.75 Å². The molecule has 0 saturated heterocycles. The van der Waals surface area contributed by atoms with Crippen LogP contribution in [0, 0.1) is 15.5 Å². The van der Waals surface area contributed by atoms with Crippen molar-refractivity contribution in [2.75, 3.05) is 23.5 Å². The number of ether oxygens (including phenoxy) is 1. The van der Waals surface area contributed by atoms with Crippen LogP contribution in [0.1, 0.15) is 39.5 Å². The Balaban J connectivity index is 2.22. The van der Waals surface area contributed by atoms with Crippen molar-refractivity contribution in [1.29, 1.82) is 0 Å². The van der Waals surface area contributed by atoms with Gasteiger partial charge in [0.05, 0.1) is 32.7 Å². The summed E-state index contributed by atoms with van der Waals surface area (Å²) in [6, 6.07) is 9.64. The van der Waals surface area contributed by atoms with Crippen LogP contribution in [0.5, 0.6) is 5.75 Å². The van der Waals surface area contributed by atoms with Gasteiger partial charge in [0, 0.05) is 41.6 Å². The van der Waals surface area contributed by atoms with Gasteiger partial charge < -0.3 is 14.7 Å². The van der Waals surface area contributed by atoms with Crippen LogP contribution < -0.4 is 9.64 Å². The molecule has 0 fully saturated rings. The minimum Gasteiger partial charge on any atom is -0.478 e. The van der Waals surface area contributed by atoms with Crippen molar-refractivity contribution in [3.8, 4) is 5.75 Å². The number of hydrogen-bond donors (Lipinski definition) is 3. The van der Waals surface area contributed by atoms with Crippen LogP contribution in [0.15, 0.2) is 58.5 Å². The third-order valence-corrected chi connectivity index (χ3v) is 9.28. The topological polar surface area (TPSA) is 133 Å². The number of unbranched alkanes of at least 4 members (excludes halogenated alkanes) is 1. The van der Waals surface area contributed by atoms with Gasteiger partial charge in [0.25, 0.3) is 5.69 Å². The van der Waals surface area contributed by atoms with Gasteiger partial charge in [-0.25, -0.2) is 4.79 Å². The Morgan fingerprint density at radius 3 is 2.53 bits per heavy atom. The first-order valence-electron chi connectivity index (χ1n) is 11.6. The lowest BCUT2D eigenvalue weighted by Crippen LogP contribution is -2.37. The van der Waals surface area contributed by atoms with Crippen molar-refractivity contribution in [3.05, 3.63) is 58.9 Å². The van der Waals surface area contributed by atoms with Crippen LogP contribution in [0.2, 0.25) is 0 Å². The molecule has 0 bridgehead atoms. The Bertz CT molecular complexity index is 1140. The number of thioether (sulfide) groups is 1. The van der Waals surface area contributed by atoms with Crippen molar-refractivity contribution in [2.45, 2.75) is 49.3 Å². The normalized spacial score (nSPS) is 20.0. The van der Waals surface area contributed by atoms with Crippen molar-refractivity contribution in [3.63, 3.8) is 0 Å². The monoisotopic (exact) mass is 536 g/mol. The molecule has 0 aromatic heterocycles. The molecule has 11 heteroatoms. The van der Waals surface area contributed by atoms with Gasteiger partial charge in [-0.05, 0) is 37.3 Å². The summed E-state index contributed by atoms with van der Waals surface area (Å²) in [5, 5.41) is 20.1. The summed E-state index contributed by atoms with van der Waals surface area (Å²) in [6.07, 6.45) is 7.18. The maximum Gasteiger partial charge on any atom is 0.331 e. The molecule has 1 aliphatic rings. The van der Waals surface area contributed by atoms with E-state index < -0.39 is 26.9 Å². The number of nitro groups is 1. The number of nitrogens with zero attached hydrogens (tertiary/aromatic N) is 2. The van der Waals surface area contributed by atoms with E-state index in [0.717, 1.165) is 38.0 Å². The smallest absolute Gasteiger partial charge is 0.331 e. The highest BCUT2D eigenvalue weighted by atomic mass is 32.3. The third kappa shape index (κ3) is 6.15. The standard InChI is InChI=1S/C25H32N2O7S2/c1-4-6-12-25(5-2)16-26(18-7-9-19(10-8-18)27(30)31)20-14-22(35-3)21(34-13-11-24(28)29)15-23(20)36(32,33)17-25/h7-11,13-15,32-33H,4-6,12,16-17H2,1-3H3,(H,28,29). The molecule has 196 valence electrons. The Morgan fingerprint density at radius 2 is 1.97 bits per heavy atom. The van der Waals surface area contributed by atoms with E-state index in [1.54, 1.807) is 18.2 Å². The lowest BCUT2D eigenvalue weighted by atomic mass is 9.81. The molecule has 36 heavy (non-hydrogen) atoms. The number of benzene rings is 2. The highest BCUT2D eigenvalue weighted by Gasteiger charge is 2.42. The van der Waals surface area contributed by atoms with Crippen LogP contribution >= 0.6 is 22.4 Å². The van der Waals surface area contributed by atoms with Crippen molar-refractivity contribution < 1.29 is 28.7 Å². The van der Waals surface area contributed by atoms with Crippen LogP contribution in [-0.2, 0) is 4.79 Å². The Kier molecular flexibility index (Phi) is 8.93. The SMILES string of the molecule is CCCCC1(CC)CN(c2ccc([N+](=O)[O-])cc2)c2cc(SC)c(OC=CC(=O)O)cc2S(O)(O)C1. The summed E-state index contributed by atoms with van der Waals surface area (Å²) in [5.74, 6) is -0.664. The van der Waals surface area contributed by atoms with Crippen molar-refractivity contribution in [1.82, 2.24) is 0 Å². The van der Waals surface area contributed by atoms with Gasteiger partial charge >= 0.3 is 5.97 Å². The summed E-state index contributed by atoms with van der Waals surface area (Å²) >= 11 is 1.38. The zero-order valence-corrected chi connectivity index (χ0v) is 22.2. The number of carboxylic acid groups (broad SMARTS) is 1. The molecule has 1 aliphatic heterocycles. The van der Waals surface area contributed by atoms with Crippen molar-refractivity contribution >= 4 is 45.4 Å². The maximum absolute atomic E-state index is 11.5. The number of aliphatic carboxylic acids is 1. The van der Waals surface area contributed by atoms with E-state index in [4.69, 9.17) is 9.84 Å². The molecule has 3 rings (SSSR count). The number of anilines is 2. The number of rotatable bonds is 10. The van der Waals surface area contributed by atoms with E-state index >= 15 is 0 Å².